The number of aromatic nitrogens is 1. The van der Waals surface area contributed by atoms with E-state index >= 15 is 0 Å². The second-order valence-corrected chi connectivity index (χ2v) is 11.7. The molecule has 2 unspecified atom stereocenters. The van der Waals surface area contributed by atoms with Gasteiger partial charge in [-0.15, -0.1) is 0 Å². The van der Waals surface area contributed by atoms with Gasteiger partial charge in [0, 0.05) is 42.0 Å². The number of nitrogens with zero attached hydrogens (tertiary/aromatic N) is 2. The summed E-state index contributed by atoms with van der Waals surface area (Å²) in [5.74, 6) is 1.21. The molecule has 3 heterocycles. The third-order valence-corrected chi connectivity index (χ3v) is 9.03. The van der Waals surface area contributed by atoms with Crippen molar-refractivity contribution >= 4 is 16.8 Å². The van der Waals surface area contributed by atoms with Crippen LogP contribution in [0.5, 0.6) is 11.5 Å². The summed E-state index contributed by atoms with van der Waals surface area (Å²) in [6.07, 6.45) is -1.28. The molecule has 2 fully saturated rings. The highest BCUT2D eigenvalue weighted by Gasteiger charge is 2.36. The van der Waals surface area contributed by atoms with E-state index in [-0.39, 0.29) is 23.4 Å². The van der Waals surface area contributed by atoms with Crippen molar-refractivity contribution in [1.82, 2.24) is 20.1 Å². The Morgan fingerprint density at radius 3 is 2.40 bits per heavy atom. The van der Waals surface area contributed by atoms with E-state index < -0.39 is 12.6 Å². The number of hydrogen-bond acceptors (Lipinski definition) is 5. The lowest BCUT2D eigenvalue weighted by atomic mass is 9.87. The average molecular weight is 587 g/mol. The SMILES string of the molecule is COc1ccc(-c2[nH]c3ccc(C4CCN(C(CNC(C)=O)C5CCCN5C)CC4)cc3c2CC(F)(F)F)cc1OC. The van der Waals surface area contributed by atoms with Crippen molar-refractivity contribution in [1.29, 1.82) is 0 Å². The molecule has 7 nitrogen and oxygen atoms in total. The van der Waals surface area contributed by atoms with Gasteiger partial charge in [0.25, 0.3) is 0 Å². The molecule has 2 atom stereocenters. The van der Waals surface area contributed by atoms with Crippen LogP contribution in [0, 0.1) is 0 Å². The van der Waals surface area contributed by atoms with Crippen molar-refractivity contribution in [3.05, 3.63) is 47.5 Å². The van der Waals surface area contributed by atoms with E-state index in [1.165, 1.54) is 14.2 Å². The van der Waals surface area contributed by atoms with Gasteiger partial charge in [0.15, 0.2) is 11.5 Å². The van der Waals surface area contributed by atoms with E-state index in [9.17, 15) is 18.0 Å². The summed E-state index contributed by atoms with van der Waals surface area (Å²) in [4.78, 5) is 19.9. The van der Waals surface area contributed by atoms with Crippen LogP contribution in [0.4, 0.5) is 13.2 Å². The maximum atomic E-state index is 13.9. The lowest BCUT2D eigenvalue weighted by Gasteiger charge is -2.42. The third kappa shape index (κ3) is 6.54. The summed E-state index contributed by atoms with van der Waals surface area (Å²) in [5.41, 5.74) is 3.04. The number of piperidine rings is 1. The van der Waals surface area contributed by atoms with Crippen LogP contribution in [0.2, 0.25) is 0 Å². The molecule has 5 rings (SSSR count). The van der Waals surface area contributed by atoms with Gasteiger partial charge in [-0.2, -0.15) is 13.2 Å². The lowest BCUT2D eigenvalue weighted by molar-refractivity contribution is -0.127. The van der Waals surface area contributed by atoms with Crippen LogP contribution in [-0.2, 0) is 11.2 Å². The van der Waals surface area contributed by atoms with Crippen LogP contribution >= 0.6 is 0 Å². The molecule has 0 radical (unpaired) electrons. The van der Waals surface area contributed by atoms with Crippen LogP contribution in [0.25, 0.3) is 22.2 Å². The summed E-state index contributed by atoms with van der Waals surface area (Å²) in [7, 11) is 5.19. The fourth-order valence-electron chi connectivity index (χ4n) is 6.88. The number of ether oxygens (including phenoxy) is 2. The normalized spacial score (nSPS) is 19.7. The standard InChI is InChI=1S/C32H41F3N4O3/c1-20(40)36-19-28(27-6-5-13-38(27)2)39-14-11-21(12-15-39)22-7-9-26-24(16-22)25(18-32(33,34)35)31(37-26)23-8-10-29(41-3)30(17-23)42-4/h7-10,16-17,21,27-28,37H,5-6,11-15,18-19H2,1-4H3,(H,36,40). The number of carbonyl (C=O) groups is 1. The van der Waals surface area contributed by atoms with Gasteiger partial charge < -0.3 is 24.7 Å². The zero-order valence-corrected chi connectivity index (χ0v) is 24.8. The number of likely N-dealkylation sites (N-methyl/N-ethyl adjacent to an activating group) is 1. The Hall–Kier alpha value is -3.24. The van der Waals surface area contributed by atoms with E-state index in [1.807, 2.05) is 12.1 Å². The Balaban J connectivity index is 1.41. The van der Waals surface area contributed by atoms with Crippen molar-refractivity contribution in [2.75, 3.05) is 47.4 Å². The molecule has 2 saturated heterocycles. The zero-order chi connectivity index (χ0) is 30.0. The first-order valence-corrected chi connectivity index (χ1v) is 14.7. The van der Waals surface area contributed by atoms with Gasteiger partial charge in [0.05, 0.1) is 26.3 Å². The van der Waals surface area contributed by atoms with Gasteiger partial charge in [-0.05, 0) is 99.7 Å². The molecule has 228 valence electrons. The molecule has 3 aromatic rings. The molecule has 0 bridgehead atoms. The summed E-state index contributed by atoms with van der Waals surface area (Å²) < 4.78 is 52.3. The van der Waals surface area contributed by atoms with Crippen LogP contribution in [0.15, 0.2) is 36.4 Å². The summed E-state index contributed by atoms with van der Waals surface area (Å²) >= 11 is 0. The molecule has 2 aromatic carbocycles. The van der Waals surface area contributed by atoms with Gasteiger partial charge in [-0.25, -0.2) is 0 Å². The molecule has 1 amide bonds. The molecule has 0 saturated carbocycles. The number of fused-ring (bicyclic) bond motifs is 1. The molecule has 2 aliphatic rings. The number of amides is 1. The number of aromatic amines is 1. The summed E-state index contributed by atoms with van der Waals surface area (Å²) in [6.45, 7) is 5.03. The highest BCUT2D eigenvalue weighted by atomic mass is 19.4. The number of carbonyl (C=O) groups excluding carboxylic acids is 1. The van der Waals surface area contributed by atoms with Gasteiger partial charge in [-0.1, -0.05) is 6.07 Å². The first-order valence-electron chi connectivity index (χ1n) is 14.7. The molecular weight excluding hydrogens is 545 g/mol. The Labute approximate surface area is 245 Å². The van der Waals surface area contributed by atoms with Crippen molar-refractivity contribution < 1.29 is 27.4 Å². The van der Waals surface area contributed by atoms with E-state index in [1.54, 1.807) is 25.1 Å². The number of likely N-dealkylation sites (tertiary alicyclic amines) is 2. The average Bonchev–Trinajstić information content (AvgIpc) is 3.55. The number of methoxy groups -OCH3 is 2. The number of benzene rings is 2. The zero-order valence-electron chi connectivity index (χ0n) is 24.8. The Morgan fingerprint density at radius 2 is 1.79 bits per heavy atom. The maximum absolute atomic E-state index is 13.9. The number of hydrogen-bond donors (Lipinski definition) is 2. The van der Waals surface area contributed by atoms with Crippen LogP contribution in [0.1, 0.15) is 49.7 Å². The predicted octanol–water partition coefficient (Wildman–Crippen LogP) is 5.74. The summed E-state index contributed by atoms with van der Waals surface area (Å²) in [6, 6.07) is 11.7. The largest absolute Gasteiger partial charge is 0.493 e. The predicted molar refractivity (Wildman–Crippen MR) is 158 cm³/mol. The van der Waals surface area contributed by atoms with E-state index in [0.717, 1.165) is 50.9 Å². The number of alkyl halides is 3. The van der Waals surface area contributed by atoms with E-state index in [2.05, 4.69) is 33.2 Å². The smallest absolute Gasteiger partial charge is 0.393 e. The van der Waals surface area contributed by atoms with Gasteiger partial charge in [-0.3, -0.25) is 9.69 Å². The fraction of sp³-hybridized carbons (Fsp3) is 0.531. The molecular formula is C32H41F3N4O3. The number of rotatable bonds is 9. The van der Waals surface area contributed by atoms with Crippen molar-refractivity contribution in [2.24, 2.45) is 0 Å². The molecule has 10 heteroatoms. The van der Waals surface area contributed by atoms with Crippen LogP contribution < -0.4 is 14.8 Å². The molecule has 0 spiro atoms. The fourth-order valence-corrected chi connectivity index (χ4v) is 6.88. The first-order chi connectivity index (χ1) is 20.1. The lowest BCUT2D eigenvalue weighted by Crippen LogP contribution is -2.55. The van der Waals surface area contributed by atoms with Gasteiger partial charge in [0.1, 0.15) is 0 Å². The Morgan fingerprint density at radius 1 is 1.05 bits per heavy atom. The van der Waals surface area contributed by atoms with E-state index in [4.69, 9.17) is 9.47 Å². The topological polar surface area (TPSA) is 69.8 Å². The molecule has 2 aliphatic heterocycles. The van der Waals surface area contributed by atoms with Crippen molar-refractivity contribution in [2.45, 2.75) is 63.2 Å². The Bertz CT molecular complexity index is 1400. The molecule has 1 aromatic heterocycles. The Kier molecular flexibility index (Phi) is 9.03. The number of nitrogens with one attached hydrogen (secondary N) is 2. The molecule has 42 heavy (non-hydrogen) atoms. The highest BCUT2D eigenvalue weighted by molar-refractivity contribution is 5.91. The number of halogens is 3. The van der Waals surface area contributed by atoms with Gasteiger partial charge >= 0.3 is 6.18 Å². The monoisotopic (exact) mass is 586 g/mol. The minimum Gasteiger partial charge on any atom is -0.493 e. The molecule has 2 N–H and O–H groups in total. The minimum absolute atomic E-state index is 0.0162. The first kappa shape index (κ1) is 30.2. The van der Waals surface area contributed by atoms with Crippen LogP contribution in [-0.4, -0.2) is 86.4 Å². The van der Waals surface area contributed by atoms with Gasteiger partial charge in [0.2, 0.25) is 5.91 Å². The quantitative estimate of drug-likeness (QED) is 0.335. The van der Waals surface area contributed by atoms with Crippen molar-refractivity contribution in [3.63, 3.8) is 0 Å². The second-order valence-electron chi connectivity index (χ2n) is 11.7. The minimum atomic E-state index is -4.36. The summed E-state index contributed by atoms with van der Waals surface area (Å²) in [5, 5.41) is 3.64. The van der Waals surface area contributed by atoms with Crippen LogP contribution in [0.3, 0.4) is 0 Å². The molecule has 0 aliphatic carbocycles. The maximum Gasteiger partial charge on any atom is 0.393 e. The van der Waals surface area contributed by atoms with Crippen molar-refractivity contribution in [3.8, 4) is 22.8 Å². The number of H-pyrrole nitrogens is 1. The third-order valence-electron chi connectivity index (χ3n) is 9.03. The second kappa shape index (κ2) is 12.6. The van der Waals surface area contributed by atoms with E-state index in [0.29, 0.717) is 46.2 Å². The highest BCUT2D eigenvalue weighted by Crippen LogP contribution is 2.40.